The number of nitrogens with one attached hydrogen (secondary N) is 1. The van der Waals surface area contributed by atoms with E-state index in [0.29, 0.717) is 6.54 Å². The summed E-state index contributed by atoms with van der Waals surface area (Å²) in [5.74, 6) is 0.789. The van der Waals surface area contributed by atoms with Gasteiger partial charge in [-0.05, 0) is 42.2 Å². The van der Waals surface area contributed by atoms with Crippen LogP contribution in [0.5, 0.6) is 0 Å². The van der Waals surface area contributed by atoms with Crippen LogP contribution in [0.25, 0.3) is 0 Å². The molecule has 1 atom stereocenters. The lowest BCUT2D eigenvalue weighted by Crippen LogP contribution is -2.39. The minimum Gasteiger partial charge on any atom is -0.331 e. The number of likely N-dealkylation sites (tertiary alicyclic amines) is 1. The maximum atomic E-state index is 12.4. The highest BCUT2D eigenvalue weighted by Crippen LogP contribution is 2.32. The summed E-state index contributed by atoms with van der Waals surface area (Å²) in [6, 6.07) is 2.30. The number of aromatic nitrogens is 3. The summed E-state index contributed by atoms with van der Waals surface area (Å²) in [5, 5.41) is 15.1. The fourth-order valence-electron chi connectivity index (χ4n) is 2.76. The molecule has 2 aromatic rings. The number of thiophene rings is 1. The minimum absolute atomic E-state index is 0.0191. The molecule has 7 heteroatoms. The van der Waals surface area contributed by atoms with Crippen molar-refractivity contribution < 1.29 is 4.79 Å². The Bertz CT molecular complexity index is 594. The van der Waals surface area contributed by atoms with Crippen LogP contribution in [-0.4, -0.2) is 32.2 Å². The minimum atomic E-state index is -0.0191. The Labute approximate surface area is 127 Å². The van der Waals surface area contributed by atoms with Crippen LogP contribution in [0.2, 0.25) is 0 Å². The zero-order valence-corrected chi connectivity index (χ0v) is 12.8. The predicted molar refractivity (Wildman–Crippen MR) is 80.9 cm³/mol. The number of urea groups is 1. The number of carbonyl (C=O) groups is 1. The molecule has 6 nitrogen and oxygen atoms in total. The van der Waals surface area contributed by atoms with Gasteiger partial charge in [-0.25, -0.2) is 4.79 Å². The van der Waals surface area contributed by atoms with E-state index in [1.165, 1.54) is 5.56 Å². The molecule has 0 bridgehead atoms. The van der Waals surface area contributed by atoms with E-state index in [2.05, 4.69) is 32.3 Å². The second-order valence-corrected chi connectivity index (χ2v) is 5.88. The lowest BCUT2D eigenvalue weighted by atomic mass is 10.1. The molecule has 2 aromatic heterocycles. The zero-order valence-electron chi connectivity index (χ0n) is 12.0. The largest absolute Gasteiger partial charge is 0.331 e. The highest BCUT2D eigenvalue weighted by molar-refractivity contribution is 7.07. The van der Waals surface area contributed by atoms with Gasteiger partial charge in [0, 0.05) is 13.1 Å². The molecule has 2 amide bonds. The average Bonchev–Trinajstić information content (AvgIpc) is 3.23. The number of nitrogens with zero attached hydrogens (tertiary/aromatic N) is 4. The van der Waals surface area contributed by atoms with Crippen LogP contribution in [0.3, 0.4) is 0 Å². The number of amides is 2. The Kier molecular flexibility index (Phi) is 4.19. The van der Waals surface area contributed by atoms with E-state index >= 15 is 0 Å². The van der Waals surface area contributed by atoms with Gasteiger partial charge >= 0.3 is 6.03 Å². The molecular formula is C14H19N5OS. The van der Waals surface area contributed by atoms with Gasteiger partial charge in [-0.2, -0.15) is 11.3 Å². The quantitative estimate of drug-likeness (QED) is 0.943. The van der Waals surface area contributed by atoms with Crippen LogP contribution in [0, 0.1) is 0 Å². The molecule has 1 saturated heterocycles. The lowest BCUT2D eigenvalue weighted by molar-refractivity contribution is 0.192. The van der Waals surface area contributed by atoms with Crippen molar-refractivity contribution in [2.24, 2.45) is 0 Å². The first-order valence-corrected chi connectivity index (χ1v) is 8.17. The van der Waals surface area contributed by atoms with E-state index in [9.17, 15) is 4.79 Å². The molecule has 21 heavy (non-hydrogen) atoms. The Morgan fingerprint density at radius 1 is 1.57 bits per heavy atom. The van der Waals surface area contributed by atoms with Crippen LogP contribution in [0.4, 0.5) is 4.79 Å². The van der Waals surface area contributed by atoms with Crippen molar-refractivity contribution in [3.63, 3.8) is 0 Å². The smallest absolute Gasteiger partial charge is 0.318 e. The first kappa shape index (κ1) is 14.1. The zero-order chi connectivity index (χ0) is 14.7. The van der Waals surface area contributed by atoms with E-state index < -0.39 is 0 Å². The Balaban J connectivity index is 1.62. The van der Waals surface area contributed by atoms with Gasteiger partial charge in [0.25, 0.3) is 0 Å². The summed E-state index contributed by atoms with van der Waals surface area (Å²) < 4.78 is 1.93. The molecule has 0 unspecified atom stereocenters. The fraction of sp³-hybridized carbons (Fsp3) is 0.500. The number of hydrogen-bond donors (Lipinski definition) is 1. The number of rotatable bonds is 4. The van der Waals surface area contributed by atoms with Gasteiger partial charge in [-0.3, -0.25) is 0 Å². The molecule has 1 N–H and O–H groups in total. The van der Waals surface area contributed by atoms with Crippen LogP contribution < -0.4 is 5.32 Å². The van der Waals surface area contributed by atoms with Gasteiger partial charge in [0.2, 0.25) is 0 Å². The Hall–Kier alpha value is -1.89. The summed E-state index contributed by atoms with van der Waals surface area (Å²) in [5.41, 5.74) is 1.24. The van der Waals surface area contributed by atoms with E-state index in [-0.39, 0.29) is 12.1 Å². The normalized spacial score (nSPS) is 18.1. The number of aryl methyl sites for hydroxylation is 1. The van der Waals surface area contributed by atoms with E-state index in [1.54, 1.807) is 17.7 Å². The molecule has 3 heterocycles. The fourth-order valence-corrected chi connectivity index (χ4v) is 3.46. The molecule has 112 valence electrons. The third-order valence-electron chi connectivity index (χ3n) is 3.88. The highest BCUT2D eigenvalue weighted by atomic mass is 32.1. The van der Waals surface area contributed by atoms with Crippen molar-refractivity contribution in [1.82, 2.24) is 25.0 Å². The molecular weight excluding hydrogens is 286 g/mol. The molecule has 1 fully saturated rings. The SMILES string of the molecule is CCn1cnnc1CNC(=O)N1CCC[C@@H]1c1ccsc1. The molecule has 0 spiro atoms. The second kappa shape index (κ2) is 6.26. The van der Waals surface area contributed by atoms with E-state index in [4.69, 9.17) is 0 Å². The van der Waals surface area contributed by atoms with Crippen molar-refractivity contribution in [3.8, 4) is 0 Å². The first-order valence-electron chi connectivity index (χ1n) is 7.23. The summed E-state index contributed by atoms with van der Waals surface area (Å²) in [6.07, 6.45) is 3.78. The maximum absolute atomic E-state index is 12.4. The second-order valence-electron chi connectivity index (χ2n) is 5.10. The molecule has 0 aromatic carbocycles. The van der Waals surface area contributed by atoms with E-state index in [1.807, 2.05) is 16.4 Å². The van der Waals surface area contributed by atoms with Gasteiger partial charge in [0.15, 0.2) is 5.82 Å². The summed E-state index contributed by atoms with van der Waals surface area (Å²) >= 11 is 1.68. The van der Waals surface area contributed by atoms with E-state index in [0.717, 1.165) is 31.8 Å². The Morgan fingerprint density at radius 2 is 2.48 bits per heavy atom. The third kappa shape index (κ3) is 2.92. The van der Waals surface area contributed by atoms with Crippen molar-refractivity contribution in [1.29, 1.82) is 0 Å². The van der Waals surface area contributed by atoms with Crippen LogP contribution in [-0.2, 0) is 13.1 Å². The molecule has 0 aliphatic carbocycles. The maximum Gasteiger partial charge on any atom is 0.318 e. The molecule has 0 saturated carbocycles. The van der Waals surface area contributed by atoms with Crippen molar-refractivity contribution >= 4 is 17.4 Å². The molecule has 1 aliphatic heterocycles. The first-order chi connectivity index (χ1) is 10.3. The van der Waals surface area contributed by atoms with Crippen molar-refractivity contribution in [2.45, 2.75) is 38.9 Å². The molecule has 0 radical (unpaired) electrons. The third-order valence-corrected chi connectivity index (χ3v) is 4.58. The summed E-state index contributed by atoms with van der Waals surface area (Å²) in [6.45, 7) is 4.06. The highest BCUT2D eigenvalue weighted by Gasteiger charge is 2.30. The topological polar surface area (TPSA) is 63.1 Å². The Morgan fingerprint density at radius 3 is 3.24 bits per heavy atom. The van der Waals surface area contributed by atoms with Gasteiger partial charge in [0.1, 0.15) is 6.33 Å². The van der Waals surface area contributed by atoms with Gasteiger partial charge in [-0.15, -0.1) is 10.2 Å². The van der Waals surface area contributed by atoms with Gasteiger partial charge < -0.3 is 14.8 Å². The van der Waals surface area contributed by atoms with Crippen LogP contribution in [0.1, 0.15) is 37.2 Å². The molecule has 3 rings (SSSR count). The van der Waals surface area contributed by atoms with Gasteiger partial charge in [0.05, 0.1) is 12.6 Å². The number of hydrogen-bond acceptors (Lipinski definition) is 4. The van der Waals surface area contributed by atoms with Gasteiger partial charge in [-0.1, -0.05) is 0 Å². The summed E-state index contributed by atoms with van der Waals surface area (Å²) in [7, 11) is 0. The van der Waals surface area contributed by atoms with Crippen LogP contribution >= 0.6 is 11.3 Å². The van der Waals surface area contributed by atoms with Crippen LogP contribution in [0.15, 0.2) is 23.2 Å². The molecule has 1 aliphatic rings. The monoisotopic (exact) mass is 305 g/mol. The predicted octanol–water partition coefficient (Wildman–Crippen LogP) is 2.41. The average molecular weight is 305 g/mol. The number of carbonyl (C=O) groups excluding carboxylic acids is 1. The van der Waals surface area contributed by atoms with Crippen molar-refractivity contribution in [3.05, 3.63) is 34.5 Å². The lowest BCUT2D eigenvalue weighted by Gasteiger charge is -2.24. The standard InChI is InChI=1S/C14H19N5OS/c1-2-18-10-16-17-13(18)8-15-14(20)19-6-3-4-12(19)11-5-7-21-9-11/h5,7,9-10,12H,2-4,6,8H2,1H3,(H,15,20)/t12-/m1/s1. The van der Waals surface area contributed by atoms with Crippen molar-refractivity contribution in [2.75, 3.05) is 6.54 Å². The summed E-state index contributed by atoms with van der Waals surface area (Å²) in [4.78, 5) is 14.3.